The van der Waals surface area contributed by atoms with Crippen LogP contribution in [0.3, 0.4) is 0 Å². The van der Waals surface area contributed by atoms with Gasteiger partial charge in [-0.15, -0.1) is 24.0 Å². The molecular formula is C22H32IN5O. The topological polar surface area (TPSA) is 77.6 Å². The van der Waals surface area contributed by atoms with Gasteiger partial charge < -0.3 is 21.3 Å². The van der Waals surface area contributed by atoms with Gasteiger partial charge in [0.2, 0.25) is 0 Å². The van der Waals surface area contributed by atoms with Gasteiger partial charge in [0.25, 0.3) is 0 Å². The summed E-state index contributed by atoms with van der Waals surface area (Å²) < 4.78 is 0. The van der Waals surface area contributed by atoms with E-state index in [1.165, 1.54) is 11.1 Å². The number of nitrogens with zero attached hydrogens (tertiary/aromatic N) is 1. The van der Waals surface area contributed by atoms with Crippen molar-refractivity contribution in [2.75, 3.05) is 12.4 Å². The highest BCUT2D eigenvalue weighted by Crippen LogP contribution is 2.10. The smallest absolute Gasteiger partial charge is 0.319 e. The van der Waals surface area contributed by atoms with E-state index in [1.54, 1.807) is 7.05 Å². The average molecular weight is 509 g/mol. The molecule has 0 heterocycles. The van der Waals surface area contributed by atoms with E-state index >= 15 is 0 Å². The highest BCUT2D eigenvalue weighted by atomic mass is 127. The summed E-state index contributed by atoms with van der Waals surface area (Å²) in [6, 6.07) is 16.1. The van der Waals surface area contributed by atoms with Gasteiger partial charge in [-0.1, -0.05) is 43.3 Å². The minimum atomic E-state index is -0.196. The molecule has 0 spiro atoms. The van der Waals surface area contributed by atoms with Crippen molar-refractivity contribution in [3.63, 3.8) is 0 Å². The maximum absolute atomic E-state index is 11.7. The molecule has 7 heteroatoms. The van der Waals surface area contributed by atoms with Gasteiger partial charge in [-0.2, -0.15) is 0 Å². The Labute approximate surface area is 191 Å². The summed E-state index contributed by atoms with van der Waals surface area (Å²) in [5.74, 6) is 0.754. The van der Waals surface area contributed by atoms with Crippen molar-refractivity contribution in [1.29, 1.82) is 0 Å². The zero-order valence-electron chi connectivity index (χ0n) is 17.6. The minimum absolute atomic E-state index is 0. The summed E-state index contributed by atoms with van der Waals surface area (Å²) in [6.45, 7) is 7.40. The van der Waals surface area contributed by atoms with Crippen LogP contribution in [-0.2, 0) is 19.5 Å². The van der Waals surface area contributed by atoms with Gasteiger partial charge in [0.05, 0.1) is 0 Å². The van der Waals surface area contributed by atoms with Gasteiger partial charge in [0.15, 0.2) is 5.96 Å². The molecular weight excluding hydrogens is 477 g/mol. The number of carbonyl (C=O) groups is 1. The SMILES string of the molecule is CCc1ccccc1CNC(=NC)NCc1ccc(NC(=O)NC(C)C)cc1.I. The predicted molar refractivity (Wildman–Crippen MR) is 132 cm³/mol. The number of amides is 2. The van der Waals surface area contributed by atoms with Crippen molar-refractivity contribution in [3.05, 3.63) is 65.2 Å². The second kappa shape index (κ2) is 13.0. The highest BCUT2D eigenvalue weighted by molar-refractivity contribution is 14.0. The van der Waals surface area contributed by atoms with Gasteiger partial charge in [-0.05, 0) is 49.1 Å². The van der Waals surface area contributed by atoms with Crippen LogP contribution in [0, 0.1) is 0 Å². The van der Waals surface area contributed by atoms with E-state index in [1.807, 2.05) is 38.1 Å². The monoisotopic (exact) mass is 509 g/mol. The Morgan fingerprint density at radius 2 is 1.59 bits per heavy atom. The molecule has 0 aromatic heterocycles. The third-order valence-electron chi connectivity index (χ3n) is 4.26. The fraction of sp³-hybridized carbons (Fsp3) is 0.364. The lowest BCUT2D eigenvalue weighted by atomic mass is 10.1. The number of anilines is 1. The number of halogens is 1. The van der Waals surface area contributed by atoms with Crippen LogP contribution in [0.4, 0.5) is 10.5 Å². The number of benzene rings is 2. The molecule has 0 aliphatic carbocycles. The first kappa shape index (κ1) is 24.7. The quantitative estimate of drug-likeness (QED) is 0.256. The Kier molecular flexibility index (Phi) is 11.1. The summed E-state index contributed by atoms with van der Waals surface area (Å²) in [6.07, 6.45) is 1.01. The van der Waals surface area contributed by atoms with Crippen molar-refractivity contribution in [2.45, 2.75) is 46.3 Å². The van der Waals surface area contributed by atoms with E-state index < -0.39 is 0 Å². The fourth-order valence-corrected chi connectivity index (χ4v) is 2.80. The van der Waals surface area contributed by atoms with E-state index in [-0.39, 0.29) is 36.0 Å². The molecule has 158 valence electrons. The molecule has 2 aromatic carbocycles. The van der Waals surface area contributed by atoms with Gasteiger partial charge in [-0.3, -0.25) is 4.99 Å². The Hall–Kier alpha value is -2.29. The standard InChI is InChI=1S/C22H31N5O.HI/c1-5-18-8-6-7-9-19(18)15-25-21(23-4)24-14-17-10-12-20(13-11-17)27-22(28)26-16(2)3;/h6-13,16H,5,14-15H2,1-4H3,(H2,23,24,25)(H2,26,27,28);1H. The Morgan fingerprint density at radius 3 is 2.17 bits per heavy atom. The molecule has 0 radical (unpaired) electrons. The number of nitrogens with one attached hydrogen (secondary N) is 4. The third kappa shape index (κ3) is 8.72. The molecule has 0 atom stereocenters. The first-order chi connectivity index (χ1) is 13.5. The number of guanidine groups is 1. The van der Waals surface area contributed by atoms with E-state index in [0.29, 0.717) is 6.54 Å². The number of carbonyl (C=O) groups excluding carboxylic acids is 1. The molecule has 2 amide bonds. The molecule has 4 N–H and O–H groups in total. The lowest BCUT2D eigenvalue weighted by Crippen LogP contribution is -2.36. The van der Waals surface area contributed by atoms with E-state index in [0.717, 1.165) is 30.2 Å². The molecule has 0 fully saturated rings. The average Bonchev–Trinajstić information content (AvgIpc) is 2.69. The van der Waals surface area contributed by atoms with Crippen LogP contribution in [0.5, 0.6) is 0 Å². The van der Waals surface area contributed by atoms with Crippen molar-refractivity contribution in [3.8, 4) is 0 Å². The first-order valence-electron chi connectivity index (χ1n) is 9.69. The van der Waals surface area contributed by atoms with Crippen molar-refractivity contribution < 1.29 is 4.79 Å². The second-order valence-electron chi connectivity index (χ2n) is 6.85. The number of rotatable bonds is 7. The zero-order chi connectivity index (χ0) is 20.4. The van der Waals surface area contributed by atoms with Crippen LogP contribution >= 0.6 is 24.0 Å². The Balaban J connectivity index is 0.00000420. The molecule has 0 unspecified atom stereocenters. The summed E-state index contributed by atoms with van der Waals surface area (Å²) in [5.41, 5.74) is 4.49. The molecule has 0 saturated heterocycles. The molecule has 0 bridgehead atoms. The molecule has 0 aliphatic heterocycles. The maximum Gasteiger partial charge on any atom is 0.319 e. The number of aliphatic imine (C=N–C) groups is 1. The minimum Gasteiger partial charge on any atom is -0.352 e. The molecule has 29 heavy (non-hydrogen) atoms. The van der Waals surface area contributed by atoms with Gasteiger partial charge in [0, 0.05) is 31.9 Å². The summed E-state index contributed by atoms with van der Waals surface area (Å²) in [4.78, 5) is 16.0. The van der Waals surface area contributed by atoms with E-state index in [2.05, 4.69) is 57.4 Å². The van der Waals surface area contributed by atoms with Gasteiger partial charge in [0.1, 0.15) is 0 Å². The molecule has 6 nitrogen and oxygen atoms in total. The highest BCUT2D eigenvalue weighted by Gasteiger charge is 2.04. The Morgan fingerprint density at radius 1 is 0.966 bits per heavy atom. The summed E-state index contributed by atoms with van der Waals surface area (Å²) in [5, 5.41) is 12.3. The first-order valence-corrected chi connectivity index (χ1v) is 9.69. The van der Waals surface area contributed by atoms with Crippen LogP contribution in [0.15, 0.2) is 53.5 Å². The van der Waals surface area contributed by atoms with Crippen LogP contribution in [0.2, 0.25) is 0 Å². The van der Waals surface area contributed by atoms with Crippen molar-refractivity contribution in [2.24, 2.45) is 4.99 Å². The number of hydrogen-bond donors (Lipinski definition) is 4. The number of hydrogen-bond acceptors (Lipinski definition) is 2. The maximum atomic E-state index is 11.7. The molecule has 2 aromatic rings. The van der Waals surface area contributed by atoms with E-state index in [9.17, 15) is 4.79 Å². The predicted octanol–water partition coefficient (Wildman–Crippen LogP) is 4.26. The number of urea groups is 1. The normalized spacial score (nSPS) is 10.9. The van der Waals surface area contributed by atoms with Crippen molar-refractivity contribution >= 4 is 41.7 Å². The van der Waals surface area contributed by atoms with Crippen LogP contribution in [0.1, 0.15) is 37.5 Å². The van der Waals surface area contributed by atoms with E-state index in [4.69, 9.17) is 0 Å². The third-order valence-corrected chi connectivity index (χ3v) is 4.26. The van der Waals surface area contributed by atoms with Gasteiger partial charge in [-0.25, -0.2) is 4.79 Å². The van der Waals surface area contributed by atoms with Crippen LogP contribution in [0.25, 0.3) is 0 Å². The lowest BCUT2D eigenvalue weighted by molar-refractivity contribution is 0.250. The molecule has 0 saturated carbocycles. The van der Waals surface area contributed by atoms with Crippen molar-refractivity contribution in [1.82, 2.24) is 16.0 Å². The zero-order valence-corrected chi connectivity index (χ0v) is 19.9. The molecule has 2 rings (SSSR count). The number of aryl methyl sites for hydroxylation is 1. The molecule has 0 aliphatic rings. The van der Waals surface area contributed by atoms with Crippen LogP contribution in [-0.4, -0.2) is 25.1 Å². The second-order valence-corrected chi connectivity index (χ2v) is 6.85. The fourth-order valence-electron chi connectivity index (χ4n) is 2.80. The largest absolute Gasteiger partial charge is 0.352 e. The Bertz CT molecular complexity index is 790. The summed E-state index contributed by atoms with van der Waals surface area (Å²) >= 11 is 0. The lowest BCUT2D eigenvalue weighted by Gasteiger charge is -2.14. The van der Waals surface area contributed by atoms with Crippen LogP contribution < -0.4 is 21.3 Å². The summed E-state index contributed by atoms with van der Waals surface area (Å²) in [7, 11) is 1.77. The van der Waals surface area contributed by atoms with Gasteiger partial charge >= 0.3 is 6.03 Å².